The molecule has 3 aliphatic rings. The molecule has 3 atom stereocenters. The summed E-state index contributed by atoms with van der Waals surface area (Å²) in [5.41, 5.74) is 9.55. The van der Waals surface area contributed by atoms with E-state index in [0.29, 0.717) is 25.0 Å². The number of hydrogen-bond acceptors (Lipinski definition) is 11. The number of aromatic nitrogens is 3. The molecule has 2 N–H and O–H groups in total. The van der Waals surface area contributed by atoms with Crippen molar-refractivity contribution in [2.45, 2.75) is 64.7 Å². The second-order valence-corrected chi connectivity index (χ2v) is 13.4. The lowest BCUT2D eigenvalue weighted by Crippen LogP contribution is -2.46. The minimum Gasteiger partial charge on any atom is -0.497 e. The average Bonchev–Trinajstić information content (AvgIpc) is 4.01. The number of aryl methyl sites for hydroxylation is 2. The first-order valence-electron chi connectivity index (χ1n) is 18.8. The molecule has 1 aromatic heterocycles. The second kappa shape index (κ2) is 22.2. The van der Waals surface area contributed by atoms with Crippen LogP contribution in [0.15, 0.2) is 84.5 Å². The molecule has 2 fully saturated rings. The first-order valence-corrected chi connectivity index (χ1v) is 18.8. The monoisotopic (exact) mass is 776 g/mol. The van der Waals surface area contributed by atoms with E-state index < -0.39 is 23.7 Å². The summed E-state index contributed by atoms with van der Waals surface area (Å²) in [6, 6.07) is 20.6. The normalized spacial score (nSPS) is 17.1. The van der Waals surface area contributed by atoms with Crippen molar-refractivity contribution in [2.24, 2.45) is 17.9 Å². The van der Waals surface area contributed by atoms with Crippen LogP contribution < -0.4 is 20.3 Å². The number of piperazine rings is 1. The van der Waals surface area contributed by atoms with Crippen LogP contribution in [-0.4, -0.2) is 96.5 Å². The van der Waals surface area contributed by atoms with Gasteiger partial charge < -0.3 is 29.7 Å². The highest BCUT2D eigenvalue weighted by Gasteiger charge is 2.31. The number of nitrogens with zero attached hydrogens (tertiary/aromatic N) is 7. The van der Waals surface area contributed by atoms with Gasteiger partial charge in [-0.15, -0.1) is 0 Å². The predicted molar refractivity (Wildman–Crippen MR) is 213 cm³/mol. The summed E-state index contributed by atoms with van der Waals surface area (Å²) in [6.45, 7) is 10.5. The number of anilines is 2. The zero-order chi connectivity index (χ0) is 40.5. The molecule has 4 heterocycles. The molecule has 0 aliphatic carbocycles. The maximum Gasteiger partial charge on any atom is 0.320 e. The van der Waals surface area contributed by atoms with Crippen LogP contribution >= 0.6 is 0 Å². The predicted octanol–water partition coefficient (Wildman–Crippen LogP) is 5.84. The van der Waals surface area contributed by atoms with E-state index >= 15 is 0 Å². The van der Waals surface area contributed by atoms with Crippen LogP contribution in [0.3, 0.4) is 0 Å². The van der Waals surface area contributed by atoms with Crippen LogP contribution in [0, 0.1) is 18.6 Å². The Labute approximate surface area is 328 Å². The third kappa shape index (κ3) is 13.1. The number of methoxy groups -OCH3 is 1. The number of hydrazone groups is 1. The maximum absolute atomic E-state index is 13.2. The molecular weight excluding hydrogens is 722 g/mol. The van der Waals surface area contributed by atoms with Gasteiger partial charge in [0.25, 0.3) is 0 Å². The van der Waals surface area contributed by atoms with Crippen molar-refractivity contribution in [3.63, 3.8) is 0 Å². The van der Waals surface area contributed by atoms with Crippen molar-refractivity contribution in [1.29, 1.82) is 0 Å². The van der Waals surface area contributed by atoms with Crippen molar-refractivity contribution in [1.82, 2.24) is 19.8 Å². The largest absolute Gasteiger partial charge is 0.497 e. The number of benzene rings is 3. The number of halogens is 2. The van der Waals surface area contributed by atoms with Crippen molar-refractivity contribution in [3.05, 3.63) is 102 Å². The lowest BCUT2D eigenvalue weighted by Gasteiger charge is -2.37. The highest BCUT2D eigenvalue weighted by atomic mass is 19.1. The number of esters is 1. The fourth-order valence-electron chi connectivity index (χ4n) is 6.30. The highest BCUT2D eigenvalue weighted by Crippen LogP contribution is 2.30. The van der Waals surface area contributed by atoms with Crippen LogP contribution in [-0.2, 0) is 26.1 Å². The number of carbonyl (C=O) groups excluding carboxylic acids is 2. The van der Waals surface area contributed by atoms with Crippen molar-refractivity contribution >= 4 is 29.5 Å². The zero-order valence-electron chi connectivity index (χ0n) is 32.9. The Kier molecular flexibility index (Phi) is 17.2. The van der Waals surface area contributed by atoms with E-state index in [-0.39, 0.29) is 24.6 Å². The van der Waals surface area contributed by atoms with Crippen LogP contribution in [0.4, 0.5) is 20.2 Å². The SMILES string of the molecule is CC[C@@H]([C@H](C)OC(=O)CN)N1N=CCC1=O.COc1ccc(N2CCN(c3ccc(C)cc3)CC2)cc1.Cn1cncn1.Fc1ccc([C@H]2CCCO2)c(F)c1. The molecule has 13 nitrogen and oxygen atoms in total. The Hall–Kier alpha value is -5.41. The smallest absolute Gasteiger partial charge is 0.320 e. The third-order valence-electron chi connectivity index (χ3n) is 9.38. The summed E-state index contributed by atoms with van der Waals surface area (Å²) in [7, 11) is 3.53. The van der Waals surface area contributed by atoms with Crippen molar-refractivity contribution in [3.8, 4) is 5.75 Å². The van der Waals surface area contributed by atoms with Gasteiger partial charge in [0.05, 0.1) is 32.2 Å². The highest BCUT2D eigenvalue weighted by molar-refractivity contribution is 5.94. The van der Waals surface area contributed by atoms with Gasteiger partial charge in [0, 0.05) is 69.1 Å². The molecular formula is C41H54F2N8O5. The summed E-state index contributed by atoms with van der Waals surface area (Å²) >= 11 is 0. The second-order valence-electron chi connectivity index (χ2n) is 13.4. The van der Waals surface area contributed by atoms with Gasteiger partial charge in [-0.25, -0.2) is 18.8 Å². The Morgan fingerprint density at radius 1 is 1.00 bits per heavy atom. The Morgan fingerprint density at radius 2 is 1.64 bits per heavy atom. The van der Waals surface area contributed by atoms with Gasteiger partial charge in [-0.05, 0) is 75.6 Å². The van der Waals surface area contributed by atoms with Gasteiger partial charge in [-0.1, -0.05) is 30.7 Å². The van der Waals surface area contributed by atoms with Crippen LogP contribution in [0.1, 0.15) is 56.8 Å². The molecule has 56 heavy (non-hydrogen) atoms. The minimum atomic E-state index is -0.542. The summed E-state index contributed by atoms with van der Waals surface area (Å²) in [5.74, 6) is -0.674. The number of ether oxygens (including phenoxy) is 3. The van der Waals surface area contributed by atoms with Gasteiger partial charge >= 0.3 is 5.97 Å². The molecule has 3 aliphatic heterocycles. The van der Waals surface area contributed by atoms with E-state index in [9.17, 15) is 18.4 Å². The zero-order valence-corrected chi connectivity index (χ0v) is 32.9. The summed E-state index contributed by atoms with van der Waals surface area (Å²) in [5, 5.41) is 9.08. The van der Waals surface area contributed by atoms with Crippen LogP contribution in [0.5, 0.6) is 5.75 Å². The van der Waals surface area contributed by atoms with Crippen molar-refractivity contribution < 1.29 is 32.6 Å². The molecule has 0 bridgehead atoms. The molecule has 0 radical (unpaired) electrons. The quantitative estimate of drug-likeness (QED) is 0.207. The molecule has 3 aromatic carbocycles. The Morgan fingerprint density at radius 3 is 2.09 bits per heavy atom. The van der Waals surface area contributed by atoms with E-state index in [0.717, 1.165) is 50.8 Å². The maximum atomic E-state index is 13.2. The third-order valence-corrected chi connectivity index (χ3v) is 9.38. The standard InChI is InChI=1S/C18H22N2O.C10H10F2O.C10H17N3O3.C3H5N3/c1-15-3-5-16(6-4-15)19-11-13-20(14-12-19)17-7-9-18(21-2)10-8-17;11-7-3-4-8(9(12)6-7)10-2-1-5-13-10;1-3-8(7(2)16-10(15)6-11)13-9(14)4-5-12-13;1-6-3-4-2-5-6/h3-10H,11-14H2,1-2H3;3-4,6,10H,1-2,5H2;5,7-8H,3-4,6,11H2,1-2H3;2-3H,1H3/t;10-;7-,8-;/m.10./s1. The molecule has 0 unspecified atom stereocenters. The molecule has 7 rings (SSSR count). The minimum absolute atomic E-state index is 0.0671. The molecule has 1 amide bonds. The number of hydrogen-bond donors (Lipinski definition) is 1. The Balaban J connectivity index is 0.000000177. The fourth-order valence-corrected chi connectivity index (χ4v) is 6.30. The number of rotatable bonds is 9. The number of nitrogens with two attached hydrogens (primary N) is 1. The number of carbonyl (C=O) groups is 2. The molecule has 15 heteroatoms. The van der Waals surface area contributed by atoms with Crippen LogP contribution in [0.2, 0.25) is 0 Å². The van der Waals surface area contributed by atoms with Crippen LogP contribution in [0.25, 0.3) is 0 Å². The summed E-state index contributed by atoms with van der Waals surface area (Å²) in [6.07, 6.45) is 6.86. The van der Waals surface area contributed by atoms with Gasteiger partial charge in [-0.2, -0.15) is 10.2 Å². The van der Waals surface area contributed by atoms with E-state index in [1.54, 1.807) is 31.3 Å². The Bertz CT molecular complexity index is 1800. The van der Waals surface area contributed by atoms with E-state index in [2.05, 4.69) is 68.3 Å². The molecule has 4 aromatic rings. The molecule has 302 valence electrons. The average molecular weight is 777 g/mol. The summed E-state index contributed by atoms with van der Waals surface area (Å²) < 4.78 is 43.0. The van der Waals surface area contributed by atoms with Crippen molar-refractivity contribution in [2.75, 3.05) is 56.2 Å². The fraction of sp³-hybridized carbons (Fsp3) is 0.439. The lowest BCUT2D eigenvalue weighted by atomic mass is 10.1. The van der Waals surface area contributed by atoms with Gasteiger partial charge in [0.2, 0.25) is 5.91 Å². The summed E-state index contributed by atoms with van der Waals surface area (Å²) in [4.78, 5) is 31.1. The lowest BCUT2D eigenvalue weighted by molar-refractivity contribution is -0.152. The van der Waals surface area contributed by atoms with Gasteiger partial charge in [0.15, 0.2) is 0 Å². The van der Waals surface area contributed by atoms with Gasteiger partial charge in [-0.3, -0.25) is 14.3 Å². The molecule has 0 spiro atoms. The topological polar surface area (TPSA) is 141 Å². The first kappa shape index (κ1) is 43.3. The first-order chi connectivity index (χ1) is 27.0. The number of amides is 1. The van der Waals surface area contributed by atoms with E-state index in [1.807, 2.05) is 26.1 Å². The van der Waals surface area contributed by atoms with E-state index in [1.165, 1.54) is 40.4 Å². The van der Waals surface area contributed by atoms with Gasteiger partial charge in [0.1, 0.15) is 36.1 Å². The molecule has 0 saturated carbocycles. The molecule has 2 saturated heterocycles. The van der Waals surface area contributed by atoms with E-state index in [4.69, 9.17) is 19.9 Å².